The van der Waals surface area contributed by atoms with Crippen molar-refractivity contribution in [3.8, 4) is 0 Å². The maximum Gasteiger partial charge on any atom is 0.253 e. The van der Waals surface area contributed by atoms with E-state index in [1.165, 1.54) is 6.20 Å². The van der Waals surface area contributed by atoms with Crippen molar-refractivity contribution < 1.29 is 4.79 Å². The van der Waals surface area contributed by atoms with Crippen molar-refractivity contribution >= 4 is 23.1 Å². The molecule has 1 rings (SSSR count). The molecule has 1 aromatic rings. The van der Waals surface area contributed by atoms with E-state index in [4.69, 9.17) is 18.0 Å². The van der Waals surface area contributed by atoms with Gasteiger partial charge >= 0.3 is 0 Å². The maximum atomic E-state index is 11.8. The van der Waals surface area contributed by atoms with Crippen LogP contribution in [-0.2, 0) is 0 Å². The fourth-order valence-corrected chi connectivity index (χ4v) is 1.59. The average Bonchev–Trinajstić information content (AvgIpc) is 2.16. The maximum absolute atomic E-state index is 11.8. The number of carbonyl (C=O) groups is 1. The Hall–Kier alpha value is -1.49. The lowest BCUT2D eigenvalue weighted by Gasteiger charge is -2.12. The summed E-state index contributed by atoms with van der Waals surface area (Å²) in [6.45, 7) is 3.75. The Morgan fingerprint density at radius 2 is 2.31 bits per heavy atom. The molecular formula is C11H15N3OS. The first-order valence-electron chi connectivity index (χ1n) is 5.00. The molecule has 0 spiro atoms. The first-order chi connectivity index (χ1) is 7.49. The van der Waals surface area contributed by atoms with Gasteiger partial charge in [0, 0.05) is 24.9 Å². The highest BCUT2D eigenvalue weighted by molar-refractivity contribution is 7.80. The van der Waals surface area contributed by atoms with E-state index >= 15 is 0 Å². The zero-order valence-corrected chi connectivity index (χ0v) is 10.2. The number of hydrogen-bond donors (Lipinski definition) is 2. The number of carbonyl (C=O) groups excluding carboxylic acids is 1. The molecule has 0 bridgehead atoms. The Labute approximate surface area is 100 Å². The highest BCUT2D eigenvalue weighted by Crippen LogP contribution is 2.02. The molecule has 0 radical (unpaired) electrons. The SMILES string of the molecule is Cc1cncc(C(=O)NC(C)CC(N)=S)c1. The quantitative estimate of drug-likeness (QED) is 0.772. The van der Waals surface area contributed by atoms with Crippen molar-refractivity contribution in [2.45, 2.75) is 26.3 Å². The van der Waals surface area contributed by atoms with E-state index in [9.17, 15) is 4.79 Å². The molecule has 0 saturated carbocycles. The van der Waals surface area contributed by atoms with Gasteiger partial charge in [0.05, 0.1) is 10.6 Å². The summed E-state index contributed by atoms with van der Waals surface area (Å²) in [6, 6.07) is 1.72. The number of pyridine rings is 1. The van der Waals surface area contributed by atoms with Crippen LogP contribution in [0.15, 0.2) is 18.5 Å². The van der Waals surface area contributed by atoms with Crippen LogP contribution in [0.5, 0.6) is 0 Å². The lowest BCUT2D eigenvalue weighted by molar-refractivity contribution is 0.0941. The monoisotopic (exact) mass is 237 g/mol. The van der Waals surface area contributed by atoms with E-state index in [2.05, 4.69) is 10.3 Å². The minimum atomic E-state index is -0.153. The van der Waals surface area contributed by atoms with Crippen LogP contribution >= 0.6 is 12.2 Å². The Bertz CT molecular complexity index is 406. The summed E-state index contributed by atoms with van der Waals surface area (Å²) in [6.07, 6.45) is 3.74. The van der Waals surface area contributed by atoms with Crippen molar-refractivity contribution in [3.05, 3.63) is 29.6 Å². The zero-order valence-electron chi connectivity index (χ0n) is 9.36. The number of amides is 1. The summed E-state index contributed by atoms with van der Waals surface area (Å²) in [5, 5.41) is 2.81. The molecule has 3 N–H and O–H groups in total. The van der Waals surface area contributed by atoms with Crippen molar-refractivity contribution in [1.82, 2.24) is 10.3 Å². The molecule has 86 valence electrons. The van der Waals surface area contributed by atoms with E-state index in [0.29, 0.717) is 17.0 Å². The van der Waals surface area contributed by atoms with Gasteiger partial charge in [0.25, 0.3) is 5.91 Å². The van der Waals surface area contributed by atoms with E-state index in [1.807, 2.05) is 13.8 Å². The molecule has 0 fully saturated rings. The van der Waals surface area contributed by atoms with Crippen molar-refractivity contribution in [2.24, 2.45) is 5.73 Å². The van der Waals surface area contributed by atoms with Crippen LogP contribution in [0.2, 0.25) is 0 Å². The van der Waals surface area contributed by atoms with Crippen LogP contribution in [0.4, 0.5) is 0 Å². The summed E-state index contributed by atoms with van der Waals surface area (Å²) >= 11 is 4.78. The molecule has 1 heterocycles. The van der Waals surface area contributed by atoms with Crippen LogP contribution in [-0.4, -0.2) is 21.9 Å². The molecule has 0 aliphatic carbocycles. The Balaban J connectivity index is 2.62. The second-order valence-corrected chi connectivity index (χ2v) is 4.32. The zero-order chi connectivity index (χ0) is 12.1. The molecule has 0 aromatic carbocycles. The van der Waals surface area contributed by atoms with Gasteiger partial charge in [-0.3, -0.25) is 9.78 Å². The summed E-state index contributed by atoms with van der Waals surface area (Å²) in [4.78, 5) is 16.1. The molecule has 1 aromatic heterocycles. The van der Waals surface area contributed by atoms with Crippen LogP contribution < -0.4 is 11.1 Å². The van der Waals surface area contributed by atoms with Crippen molar-refractivity contribution in [1.29, 1.82) is 0 Å². The van der Waals surface area contributed by atoms with Crippen LogP contribution in [0, 0.1) is 6.92 Å². The Kier molecular flexibility index (Phi) is 4.37. The number of rotatable bonds is 4. The second-order valence-electron chi connectivity index (χ2n) is 3.80. The smallest absolute Gasteiger partial charge is 0.253 e. The summed E-state index contributed by atoms with van der Waals surface area (Å²) in [5.41, 5.74) is 6.90. The number of thiocarbonyl (C=S) groups is 1. The normalized spacial score (nSPS) is 11.9. The average molecular weight is 237 g/mol. The van der Waals surface area contributed by atoms with E-state index in [0.717, 1.165) is 5.56 Å². The Morgan fingerprint density at radius 1 is 1.62 bits per heavy atom. The van der Waals surface area contributed by atoms with E-state index in [-0.39, 0.29) is 11.9 Å². The molecular weight excluding hydrogens is 222 g/mol. The standard InChI is InChI=1S/C11H15N3OS/c1-7-3-9(6-13-5-7)11(15)14-8(2)4-10(12)16/h3,5-6,8H,4H2,1-2H3,(H2,12,16)(H,14,15). The first-order valence-corrected chi connectivity index (χ1v) is 5.40. The van der Waals surface area contributed by atoms with E-state index < -0.39 is 0 Å². The van der Waals surface area contributed by atoms with Gasteiger partial charge in [-0.1, -0.05) is 12.2 Å². The number of hydrogen-bond acceptors (Lipinski definition) is 3. The molecule has 0 aliphatic rings. The topological polar surface area (TPSA) is 68.0 Å². The van der Waals surface area contributed by atoms with Gasteiger partial charge in [-0.25, -0.2) is 0 Å². The molecule has 16 heavy (non-hydrogen) atoms. The third-order valence-electron chi connectivity index (χ3n) is 2.02. The lowest BCUT2D eigenvalue weighted by Crippen LogP contribution is -2.35. The molecule has 1 amide bonds. The van der Waals surface area contributed by atoms with Crippen molar-refractivity contribution in [3.63, 3.8) is 0 Å². The molecule has 5 heteroatoms. The molecule has 4 nitrogen and oxygen atoms in total. The second kappa shape index (κ2) is 5.55. The van der Waals surface area contributed by atoms with Gasteiger partial charge in [0.1, 0.15) is 0 Å². The lowest BCUT2D eigenvalue weighted by atomic mass is 10.2. The minimum Gasteiger partial charge on any atom is -0.393 e. The van der Waals surface area contributed by atoms with Gasteiger partial charge in [0.2, 0.25) is 0 Å². The summed E-state index contributed by atoms with van der Waals surface area (Å²) < 4.78 is 0. The largest absolute Gasteiger partial charge is 0.393 e. The highest BCUT2D eigenvalue weighted by Gasteiger charge is 2.10. The molecule has 1 unspecified atom stereocenters. The van der Waals surface area contributed by atoms with Gasteiger partial charge < -0.3 is 11.1 Å². The third-order valence-corrected chi connectivity index (χ3v) is 2.19. The summed E-state index contributed by atoms with van der Waals surface area (Å²) in [5.74, 6) is -0.153. The van der Waals surface area contributed by atoms with Gasteiger partial charge in [0.15, 0.2) is 0 Å². The number of nitrogens with two attached hydrogens (primary N) is 1. The predicted octanol–water partition coefficient (Wildman–Crippen LogP) is 1.18. The van der Waals surface area contributed by atoms with Crippen LogP contribution in [0.1, 0.15) is 29.3 Å². The van der Waals surface area contributed by atoms with Gasteiger partial charge in [-0.05, 0) is 25.5 Å². The summed E-state index contributed by atoms with van der Waals surface area (Å²) in [7, 11) is 0. The number of aryl methyl sites for hydroxylation is 1. The van der Waals surface area contributed by atoms with Crippen LogP contribution in [0.3, 0.4) is 0 Å². The Morgan fingerprint density at radius 3 is 2.88 bits per heavy atom. The molecule has 0 aliphatic heterocycles. The van der Waals surface area contributed by atoms with Gasteiger partial charge in [-0.2, -0.15) is 0 Å². The predicted molar refractivity (Wildman–Crippen MR) is 67.3 cm³/mol. The number of aromatic nitrogens is 1. The van der Waals surface area contributed by atoms with E-state index in [1.54, 1.807) is 12.3 Å². The number of nitrogens with zero attached hydrogens (tertiary/aromatic N) is 1. The molecule has 0 saturated heterocycles. The fraction of sp³-hybridized carbons (Fsp3) is 0.364. The van der Waals surface area contributed by atoms with Crippen LogP contribution in [0.25, 0.3) is 0 Å². The fourth-order valence-electron chi connectivity index (χ4n) is 1.34. The minimum absolute atomic E-state index is 0.0643. The van der Waals surface area contributed by atoms with Gasteiger partial charge in [-0.15, -0.1) is 0 Å². The highest BCUT2D eigenvalue weighted by atomic mass is 32.1. The molecule has 1 atom stereocenters. The number of nitrogens with one attached hydrogen (secondary N) is 1. The van der Waals surface area contributed by atoms with Crippen molar-refractivity contribution in [2.75, 3.05) is 0 Å². The first kappa shape index (κ1) is 12.6. The third kappa shape index (κ3) is 3.94.